The Morgan fingerprint density at radius 1 is 1.44 bits per heavy atom. The molecule has 16 heavy (non-hydrogen) atoms. The van der Waals surface area contributed by atoms with Crippen molar-refractivity contribution < 1.29 is 4.74 Å². The van der Waals surface area contributed by atoms with E-state index in [1.165, 1.54) is 0 Å². The number of aromatic nitrogens is 3. The molecule has 0 bridgehead atoms. The van der Waals surface area contributed by atoms with E-state index in [2.05, 4.69) is 15.2 Å². The van der Waals surface area contributed by atoms with E-state index in [4.69, 9.17) is 4.74 Å². The Kier molecular flexibility index (Phi) is 2.21. The third kappa shape index (κ3) is 1.61. The zero-order chi connectivity index (χ0) is 11.0. The summed E-state index contributed by atoms with van der Waals surface area (Å²) < 4.78 is 5.76. The van der Waals surface area contributed by atoms with E-state index < -0.39 is 0 Å². The van der Waals surface area contributed by atoms with Crippen molar-refractivity contribution in [3.05, 3.63) is 40.6 Å². The topological polar surface area (TPSA) is 70.8 Å². The first-order chi connectivity index (χ1) is 7.83. The number of thioether (sulfide) groups is 1. The minimum Gasteiger partial charge on any atom is -0.480 e. The molecule has 5 nitrogen and oxygen atoms in total. The second-order valence-corrected chi connectivity index (χ2v) is 4.49. The predicted octanol–water partition coefficient (Wildman–Crippen LogP) is 1.32. The first-order valence-electron chi connectivity index (χ1n) is 4.86. The van der Waals surface area contributed by atoms with Gasteiger partial charge in [0.2, 0.25) is 0 Å². The van der Waals surface area contributed by atoms with Gasteiger partial charge in [-0.25, -0.2) is 9.89 Å². The molecule has 0 aliphatic carbocycles. The highest BCUT2D eigenvalue weighted by Crippen LogP contribution is 2.38. The number of hydrogen-bond acceptors (Lipinski definition) is 4. The molecule has 2 N–H and O–H groups in total. The maximum Gasteiger partial charge on any atom is 0.340 e. The summed E-state index contributed by atoms with van der Waals surface area (Å²) in [7, 11) is 0. The van der Waals surface area contributed by atoms with Gasteiger partial charge in [0, 0.05) is 10.6 Å². The molecule has 1 unspecified atom stereocenters. The highest BCUT2D eigenvalue weighted by atomic mass is 32.2. The van der Waals surface area contributed by atoms with Crippen molar-refractivity contribution in [2.75, 3.05) is 5.75 Å². The lowest BCUT2D eigenvalue weighted by atomic mass is 10.3. The van der Waals surface area contributed by atoms with E-state index in [9.17, 15) is 4.79 Å². The minimum atomic E-state index is -0.303. The van der Waals surface area contributed by atoms with E-state index in [1.54, 1.807) is 11.8 Å². The molecule has 0 fully saturated rings. The molecule has 0 radical (unpaired) electrons. The fourth-order valence-corrected chi connectivity index (χ4v) is 2.58. The van der Waals surface area contributed by atoms with E-state index in [0.29, 0.717) is 5.82 Å². The average Bonchev–Trinajstić information content (AvgIpc) is 2.75. The standard InChI is InChI=1S/C10H9N3O2S/c14-10-11-9(12-13-10)7-5-16-8-4-2-1-3-6(8)15-7/h1-4,7H,5H2,(H2,11,12,13,14). The SMILES string of the molecule is O=c1[nH]nc(C2CSc3ccccc3O2)[nH]1. The summed E-state index contributed by atoms with van der Waals surface area (Å²) in [4.78, 5) is 14.7. The van der Waals surface area contributed by atoms with E-state index in [0.717, 1.165) is 16.4 Å². The van der Waals surface area contributed by atoms with Gasteiger partial charge in [0.15, 0.2) is 11.9 Å². The molecular weight excluding hydrogens is 226 g/mol. The van der Waals surface area contributed by atoms with Crippen LogP contribution in [0.1, 0.15) is 11.9 Å². The summed E-state index contributed by atoms with van der Waals surface area (Å²) in [6.07, 6.45) is -0.196. The number of nitrogens with one attached hydrogen (secondary N) is 2. The molecule has 1 aliphatic heterocycles. The van der Waals surface area contributed by atoms with Crippen LogP contribution in [0.3, 0.4) is 0 Å². The lowest BCUT2D eigenvalue weighted by molar-refractivity contribution is 0.210. The molecule has 3 rings (SSSR count). The van der Waals surface area contributed by atoms with Crippen molar-refractivity contribution in [1.29, 1.82) is 0 Å². The van der Waals surface area contributed by atoms with E-state index >= 15 is 0 Å². The molecule has 82 valence electrons. The third-order valence-electron chi connectivity index (χ3n) is 2.33. The van der Waals surface area contributed by atoms with Crippen LogP contribution < -0.4 is 10.4 Å². The molecule has 1 aliphatic rings. The average molecular weight is 235 g/mol. The Morgan fingerprint density at radius 3 is 3.12 bits per heavy atom. The molecule has 1 atom stereocenters. The zero-order valence-corrected chi connectivity index (χ0v) is 9.08. The number of nitrogens with zero attached hydrogens (tertiary/aromatic N) is 1. The number of rotatable bonds is 1. The molecule has 2 aromatic rings. The Morgan fingerprint density at radius 2 is 2.31 bits per heavy atom. The number of aromatic amines is 2. The van der Waals surface area contributed by atoms with Gasteiger partial charge in [0.25, 0.3) is 0 Å². The highest BCUT2D eigenvalue weighted by molar-refractivity contribution is 7.99. The van der Waals surface area contributed by atoms with Gasteiger partial charge in [-0.15, -0.1) is 11.8 Å². The van der Waals surface area contributed by atoms with Gasteiger partial charge >= 0.3 is 5.69 Å². The number of H-pyrrole nitrogens is 2. The van der Waals surface area contributed by atoms with Gasteiger partial charge in [-0.05, 0) is 12.1 Å². The van der Waals surface area contributed by atoms with E-state index in [-0.39, 0.29) is 11.8 Å². The van der Waals surface area contributed by atoms with Gasteiger partial charge in [-0.3, -0.25) is 4.98 Å². The molecule has 2 heterocycles. The Hall–Kier alpha value is -1.69. The van der Waals surface area contributed by atoms with Gasteiger partial charge < -0.3 is 4.74 Å². The predicted molar refractivity (Wildman–Crippen MR) is 59.7 cm³/mol. The summed E-state index contributed by atoms with van der Waals surface area (Å²) >= 11 is 1.70. The second-order valence-electron chi connectivity index (χ2n) is 3.43. The lowest BCUT2D eigenvalue weighted by Crippen LogP contribution is -2.16. The van der Waals surface area contributed by atoms with Crippen LogP contribution >= 0.6 is 11.8 Å². The Bertz CT molecular complexity index is 563. The Balaban J connectivity index is 1.90. The van der Waals surface area contributed by atoms with Crippen molar-refractivity contribution in [3.8, 4) is 5.75 Å². The van der Waals surface area contributed by atoms with Crippen LogP contribution in [0.5, 0.6) is 5.75 Å². The molecule has 0 spiro atoms. The van der Waals surface area contributed by atoms with Crippen LogP contribution in [-0.4, -0.2) is 20.9 Å². The van der Waals surface area contributed by atoms with Crippen LogP contribution in [0.15, 0.2) is 34.0 Å². The molecule has 1 aromatic heterocycles. The number of fused-ring (bicyclic) bond motifs is 1. The highest BCUT2D eigenvalue weighted by Gasteiger charge is 2.23. The fraction of sp³-hybridized carbons (Fsp3) is 0.200. The van der Waals surface area contributed by atoms with Crippen molar-refractivity contribution in [1.82, 2.24) is 15.2 Å². The molecule has 6 heteroatoms. The van der Waals surface area contributed by atoms with Gasteiger partial charge in [-0.1, -0.05) is 12.1 Å². The summed E-state index contributed by atoms with van der Waals surface area (Å²) in [5.74, 6) is 2.14. The smallest absolute Gasteiger partial charge is 0.340 e. The van der Waals surface area contributed by atoms with Crippen LogP contribution in [0.4, 0.5) is 0 Å². The maximum atomic E-state index is 10.9. The van der Waals surface area contributed by atoms with Crippen molar-refractivity contribution in [2.24, 2.45) is 0 Å². The number of ether oxygens (including phenoxy) is 1. The number of hydrogen-bond donors (Lipinski definition) is 2. The third-order valence-corrected chi connectivity index (χ3v) is 3.45. The molecule has 0 amide bonds. The minimum absolute atomic E-state index is 0.196. The van der Waals surface area contributed by atoms with Gasteiger partial charge in [0.1, 0.15) is 5.75 Å². The number of benzene rings is 1. The maximum absolute atomic E-state index is 10.9. The van der Waals surface area contributed by atoms with Crippen LogP contribution in [0.25, 0.3) is 0 Å². The van der Waals surface area contributed by atoms with Gasteiger partial charge in [-0.2, -0.15) is 5.10 Å². The largest absolute Gasteiger partial charge is 0.480 e. The first-order valence-corrected chi connectivity index (χ1v) is 5.84. The molecule has 1 aromatic carbocycles. The fourth-order valence-electron chi connectivity index (χ4n) is 1.59. The molecule has 0 saturated carbocycles. The second kappa shape index (κ2) is 3.71. The monoisotopic (exact) mass is 235 g/mol. The number of para-hydroxylation sites is 1. The zero-order valence-electron chi connectivity index (χ0n) is 8.27. The Labute approximate surface area is 95.2 Å². The van der Waals surface area contributed by atoms with E-state index in [1.807, 2.05) is 24.3 Å². The summed E-state index contributed by atoms with van der Waals surface area (Å²) in [6.45, 7) is 0. The summed E-state index contributed by atoms with van der Waals surface area (Å²) in [5.41, 5.74) is -0.303. The summed E-state index contributed by atoms with van der Waals surface area (Å²) in [5, 5.41) is 6.22. The quantitative estimate of drug-likeness (QED) is 0.782. The van der Waals surface area contributed by atoms with Crippen LogP contribution in [0.2, 0.25) is 0 Å². The molecule has 0 saturated heterocycles. The summed E-state index contributed by atoms with van der Waals surface area (Å²) in [6, 6.07) is 7.84. The molecular formula is C10H9N3O2S. The van der Waals surface area contributed by atoms with Crippen molar-refractivity contribution in [2.45, 2.75) is 11.0 Å². The first kappa shape index (κ1) is 9.53. The van der Waals surface area contributed by atoms with Crippen molar-refractivity contribution in [3.63, 3.8) is 0 Å². The lowest BCUT2D eigenvalue weighted by Gasteiger charge is -2.23. The van der Waals surface area contributed by atoms with Crippen molar-refractivity contribution >= 4 is 11.8 Å². The normalized spacial score (nSPS) is 18.9. The van der Waals surface area contributed by atoms with Crippen LogP contribution in [0, 0.1) is 0 Å². The van der Waals surface area contributed by atoms with Crippen LogP contribution in [-0.2, 0) is 0 Å². The van der Waals surface area contributed by atoms with Gasteiger partial charge in [0.05, 0.1) is 0 Å².